The van der Waals surface area contributed by atoms with Gasteiger partial charge >= 0.3 is 0 Å². The van der Waals surface area contributed by atoms with Gasteiger partial charge < -0.3 is 4.90 Å². The normalized spacial score (nSPS) is 9.62. The van der Waals surface area contributed by atoms with Crippen molar-refractivity contribution in [2.45, 2.75) is 48.1 Å². The fourth-order valence-corrected chi connectivity index (χ4v) is 2.77. The molecule has 0 saturated carbocycles. The van der Waals surface area contributed by atoms with Crippen LogP contribution in [0.15, 0.2) is 60.0 Å². The number of allylic oxidation sites excluding steroid dienone is 2. The maximum atomic E-state index is 12.4. The SMILES string of the molecule is C=C(C)/C=C/c1ccc(CN(CC)C(=O)c2cccs2)cc1.CC.CC. The van der Waals surface area contributed by atoms with Crippen LogP contribution in [-0.4, -0.2) is 17.4 Å². The zero-order valence-corrected chi connectivity index (χ0v) is 17.9. The number of nitrogens with zero attached hydrogens (tertiary/aromatic N) is 1. The highest BCUT2D eigenvalue weighted by Gasteiger charge is 2.15. The summed E-state index contributed by atoms with van der Waals surface area (Å²) >= 11 is 1.49. The molecule has 0 aliphatic heterocycles. The van der Waals surface area contributed by atoms with E-state index in [9.17, 15) is 4.79 Å². The quantitative estimate of drug-likeness (QED) is 0.498. The van der Waals surface area contributed by atoms with Crippen LogP contribution in [-0.2, 0) is 6.54 Å². The van der Waals surface area contributed by atoms with Crippen LogP contribution in [0.1, 0.15) is 62.3 Å². The molecule has 0 aliphatic rings. The molecule has 26 heavy (non-hydrogen) atoms. The molecule has 0 unspecified atom stereocenters. The lowest BCUT2D eigenvalue weighted by atomic mass is 10.1. The molecule has 0 spiro atoms. The molecular weight excluding hydrogens is 338 g/mol. The first kappa shape index (κ1) is 23.9. The van der Waals surface area contributed by atoms with Crippen LogP contribution in [0.2, 0.25) is 0 Å². The van der Waals surface area contributed by atoms with E-state index in [1.54, 1.807) is 0 Å². The molecular formula is C23H33NOS. The summed E-state index contributed by atoms with van der Waals surface area (Å²) in [7, 11) is 0. The topological polar surface area (TPSA) is 20.3 Å². The number of hydrogen-bond acceptors (Lipinski definition) is 2. The first-order valence-corrected chi connectivity index (χ1v) is 10.2. The highest BCUT2D eigenvalue weighted by molar-refractivity contribution is 7.12. The van der Waals surface area contributed by atoms with Crippen molar-refractivity contribution in [3.63, 3.8) is 0 Å². The Labute approximate surface area is 163 Å². The smallest absolute Gasteiger partial charge is 0.264 e. The molecule has 1 aromatic heterocycles. The summed E-state index contributed by atoms with van der Waals surface area (Å²) in [4.78, 5) is 15.1. The van der Waals surface area contributed by atoms with Gasteiger partial charge in [-0.15, -0.1) is 11.3 Å². The lowest BCUT2D eigenvalue weighted by molar-refractivity contribution is 0.0757. The van der Waals surface area contributed by atoms with E-state index < -0.39 is 0 Å². The summed E-state index contributed by atoms with van der Waals surface area (Å²) in [6, 6.07) is 12.1. The second-order valence-electron chi connectivity index (χ2n) is 5.22. The predicted molar refractivity (Wildman–Crippen MR) is 118 cm³/mol. The zero-order valence-electron chi connectivity index (χ0n) is 17.1. The molecule has 2 aromatic rings. The van der Waals surface area contributed by atoms with Gasteiger partial charge in [-0.1, -0.05) is 82.3 Å². The van der Waals surface area contributed by atoms with Crippen LogP contribution in [0.3, 0.4) is 0 Å². The Balaban J connectivity index is 0.00000146. The molecule has 0 radical (unpaired) electrons. The Morgan fingerprint density at radius 3 is 2.19 bits per heavy atom. The number of hydrogen-bond donors (Lipinski definition) is 0. The van der Waals surface area contributed by atoms with E-state index in [1.807, 2.05) is 76.1 Å². The zero-order chi connectivity index (χ0) is 19.9. The van der Waals surface area contributed by atoms with Crippen molar-refractivity contribution >= 4 is 23.3 Å². The Kier molecular flexibility index (Phi) is 12.9. The highest BCUT2D eigenvalue weighted by Crippen LogP contribution is 2.15. The monoisotopic (exact) mass is 371 g/mol. The molecule has 1 aromatic carbocycles. The molecule has 0 bridgehead atoms. The number of thiophene rings is 1. The molecule has 0 atom stereocenters. The molecule has 0 aliphatic carbocycles. The van der Waals surface area contributed by atoms with Gasteiger partial charge in [0.15, 0.2) is 0 Å². The van der Waals surface area contributed by atoms with Crippen molar-refractivity contribution in [2.75, 3.05) is 6.54 Å². The third-order valence-corrected chi connectivity index (χ3v) is 4.17. The second kappa shape index (κ2) is 14.1. The maximum absolute atomic E-state index is 12.4. The van der Waals surface area contributed by atoms with E-state index in [1.165, 1.54) is 11.3 Å². The van der Waals surface area contributed by atoms with Crippen LogP contribution >= 0.6 is 11.3 Å². The van der Waals surface area contributed by atoms with E-state index in [0.717, 1.165) is 21.6 Å². The van der Waals surface area contributed by atoms with Gasteiger partial charge in [0, 0.05) is 13.1 Å². The van der Waals surface area contributed by atoms with E-state index in [-0.39, 0.29) is 5.91 Å². The van der Waals surface area contributed by atoms with Crippen LogP contribution < -0.4 is 0 Å². The summed E-state index contributed by atoms with van der Waals surface area (Å²) in [5.74, 6) is 0.101. The number of benzene rings is 1. The van der Waals surface area contributed by atoms with Gasteiger partial charge in [-0.3, -0.25) is 4.79 Å². The van der Waals surface area contributed by atoms with Gasteiger partial charge in [0.05, 0.1) is 4.88 Å². The average Bonchev–Trinajstić information content (AvgIpc) is 3.23. The van der Waals surface area contributed by atoms with E-state index in [0.29, 0.717) is 13.1 Å². The van der Waals surface area contributed by atoms with Gasteiger partial charge in [-0.25, -0.2) is 0 Å². The van der Waals surface area contributed by atoms with Gasteiger partial charge in [-0.2, -0.15) is 0 Å². The molecule has 1 amide bonds. The maximum Gasteiger partial charge on any atom is 0.264 e. The number of amides is 1. The largest absolute Gasteiger partial charge is 0.334 e. The van der Waals surface area contributed by atoms with Crippen molar-refractivity contribution < 1.29 is 4.79 Å². The lowest BCUT2D eigenvalue weighted by Gasteiger charge is -2.20. The van der Waals surface area contributed by atoms with Crippen LogP contribution in [0.4, 0.5) is 0 Å². The van der Waals surface area contributed by atoms with Gasteiger partial charge in [0.1, 0.15) is 0 Å². The van der Waals surface area contributed by atoms with E-state index in [4.69, 9.17) is 0 Å². The molecule has 2 rings (SSSR count). The van der Waals surface area contributed by atoms with Gasteiger partial charge in [0.25, 0.3) is 5.91 Å². The third kappa shape index (κ3) is 8.30. The first-order valence-electron chi connectivity index (χ1n) is 9.35. The molecule has 1 heterocycles. The highest BCUT2D eigenvalue weighted by atomic mass is 32.1. The van der Waals surface area contributed by atoms with Crippen molar-refractivity contribution in [2.24, 2.45) is 0 Å². The summed E-state index contributed by atoms with van der Waals surface area (Å²) in [6.45, 7) is 17.2. The minimum absolute atomic E-state index is 0.101. The Morgan fingerprint density at radius 1 is 1.12 bits per heavy atom. The van der Waals surface area contributed by atoms with Crippen molar-refractivity contribution in [3.8, 4) is 0 Å². The van der Waals surface area contributed by atoms with Crippen molar-refractivity contribution in [1.82, 2.24) is 4.90 Å². The molecule has 0 N–H and O–H groups in total. The summed E-state index contributed by atoms with van der Waals surface area (Å²) < 4.78 is 0. The van der Waals surface area contributed by atoms with Crippen LogP contribution in [0.5, 0.6) is 0 Å². The standard InChI is InChI=1S/C19H21NOS.2C2H6/c1-4-20(19(21)18-6-5-13-22-18)14-17-11-9-16(10-12-17)8-7-15(2)3;2*1-2/h5-13H,2,4,14H2,1,3H3;2*1-2H3/b8-7+;;. The first-order chi connectivity index (χ1) is 12.6. The van der Waals surface area contributed by atoms with Gasteiger partial charge in [-0.05, 0) is 36.4 Å². The molecule has 0 saturated heterocycles. The van der Waals surface area contributed by atoms with Crippen LogP contribution in [0.25, 0.3) is 6.08 Å². The molecule has 3 heteroatoms. The summed E-state index contributed by atoms with van der Waals surface area (Å²) in [6.07, 6.45) is 4.04. The van der Waals surface area contributed by atoms with Gasteiger partial charge in [0.2, 0.25) is 0 Å². The van der Waals surface area contributed by atoms with Crippen molar-refractivity contribution in [1.29, 1.82) is 0 Å². The number of carbonyl (C=O) groups is 1. The fourth-order valence-electron chi connectivity index (χ4n) is 2.08. The fraction of sp³-hybridized carbons (Fsp3) is 0.348. The number of carbonyl (C=O) groups excluding carboxylic acids is 1. The minimum Gasteiger partial charge on any atom is -0.334 e. The molecule has 142 valence electrons. The Morgan fingerprint density at radius 2 is 1.73 bits per heavy atom. The third-order valence-electron chi connectivity index (χ3n) is 3.31. The van der Waals surface area contributed by atoms with Crippen LogP contribution in [0, 0.1) is 0 Å². The minimum atomic E-state index is 0.101. The predicted octanol–water partition coefficient (Wildman–Crippen LogP) is 7.05. The molecule has 2 nitrogen and oxygen atoms in total. The van der Waals surface area contributed by atoms with E-state index in [2.05, 4.69) is 30.8 Å². The Bertz CT molecular complexity index is 654. The van der Waals surface area contributed by atoms with Crippen molar-refractivity contribution in [3.05, 3.63) is 76.0 Å². The summed E-state index contributed by atoms with van der Waals surface area (Å²) in [5, 5.41) is 1.93. The summed E-state index contributed by atoms with van der Waals surface area (Å²) in [5.41, 5.74) is 3.31. The average molecular weight is 372 g/mol. The molecule has 0 fully saturated rings. The Hall–Kier alpha value is -2.13. The second-order valence-corrected chi connectivity index (χ2v) is 6.17. The number of rotatable bonds is 6. The van der Waals surface area contributed by atoms with E-state index >= 15 is 0 Å². The lowest BCUT2D eigenvalue weighted by Crippen LogP contribution is -2.29.